The second-order valence-electron chi connectivity index (χ2n) is 5.88. The van der Waals surface area contributed by atoms with Crippen molar-refractivity contribution in [1.29, 1.82) is 0 Å². The summed E-state index contributed by atoms with van der Waals surface area (Å²) in [6.45, 7) is 0. The molecule has 0 amide bonds. The van der Waals surface area contributed by atoms with E-state index in [1.165, 1.54) is 7.11 Å². The number of halogens is 1. The molecule has 0 saturated heterocycles. The summed E-state index contributed by atoms with van der Waals surface area (Å²) in [5, 5.41) is 0. The van der Waals surface area contributed by atoms with Crippen molar-refractivity contribution in [2.45, 2.75) is 0 Å². The first-order valence-corrected chi connectivity index (χ1v) is 9.84. The van der Waals surface area contributed by atoms with Gasteiger partial charge in [0, 0.05) is 16.1 Å². The summed E-state index contributed by atoms with van der Waals surface area (Å²) >= 11 is 4.37. The molecule has 0 fully saturated rings. The minimum absolute atomic E-state index is 0.329. The Kier molecular flexibility index (Phi) is 5.02. The van der Waals surface area contributed by atoms with Gasteiger partial charge in [0.2, 0.25) is 0 Å². The topological polar surface area (TPSA) is 65.7 Å². The third kappa shape index (κ3) is 3.72. The Hall–Kier alpha value is -2.90. The Balaban J connectivity index is 1.76. The van der Waals surface area contributed by atoms with Crippen molar-refractivity contribution >= 4 is 43.5 Å². The molecule has 0 N–H and O–H groups in total. The Bertz CT molecular complexity index is 1220. The average molecular weight is 457 g/mol. The number of rotatable bonds is 4. The molecule has 5 nitrogen and oxygen atoms in total. The quantitative estimate of drug-likeness (QED) is 0.299. The molecule has 0 radical (unpaired) electrons. The Morgan fingerprint density at radius 1 is 1.04 bits per heavy atom. The van der Waals surface area contributed by atoms with Crippen LogP contribution >= 0.6 is 27.3 Å². The van der Waals surface area contributed by atoms with Gasteiger partial charge in [-0.05, 0) is 42.0 Å². The highest BCUT2D eigenvalue weighted by Gasteiger charge is 2.16. The monoisotopic (exact) mass is 456 g/mol. The van der Waals surface area contributed by atoms with E-state index in [0.29, 0.717) is 32.9 Å². The van der Waals surface area contributed by atoms with Crippen LogP contribution in [0.4, 0.5) is 0 Å². The van der Waals surface area contributed by atoms with Crippen molar-refractivity contribution in [2.24, 2.45) is 0 Å². The first kappa shape index (κ1) is 18.5. The number of esters is 1. The normalized spacial score (nSPS) is 10.8. The predicted octanol–water partition coefficient (Wildman–Crippen LogP) is 5.51. The van der Waals surface area contributed by atoms with Crippen LogP contribution in [0, 0.1) is 0 Å². The molecule has 1 heterocycles. The molecule has 7 heteroatoms. The number of hydrogen-bond acceptors (Lipinski definition) is 6. The average Bonchev–Trinajstić information content (AvgIpc) is 3.08. The van der Waals surface area contributed by atoms with Gasteiger partial charge in [0.05, 0.1) is 17.4 Å². The van der Waals surface area contributed by atoms with Crippen LogP contribution in [-0.4, -0.2) is 13.1 Å². The van der Waals surface area contributed by atoms with Crippen LogP contribution in [-0.2, 0) is 0 Å². The highest BCUT2D eigenvalue weighted by molar-refractivity contribution is 9.10. The van der Waals surface area contributed by atoms with Crippen molar-refractivity contribution < 1.29 is 18.7 Å². The van der Waals surface area contributed by atoms with Crippen molar-refractivity contribution in [3.8, 4) is 22.6 Å². The molecular formula is C21H13BrO5S. The van der Waals surface area contributed by atoms with E-state index in [-0.39, 0.29) is 0 Å². The van der Waals surface area contributed by atoms with Crippen molar-refractivity contribution in [3.63, 3.8) is 0 Å². The fourth-order valence-corrected chi connectivity index (χ4v) is 3.76. The molecule has 140 valence electrons. The summed E-state index contributed by atoms with van der Waals surface area (Å²) < 4.78 is 17.6. The van der Waals surface area contributed by atoms with E-state index in [0.717, 1.165) is 21.4 Å². The van der Waals surface area contributed by atoms with Gasteiger partial charge in [-0.1, -0.05) is 45.5 Å². The molecular weight excluding hydrogens is 444 g/mol. The van der Waals surface area contributed by atoms with Gasteiger partial charge < -0.3 is 13.9 Å². The van der Waals surface area contributed by atoms with Crippen molar-refractivity contribution in [3.05, 3.63) is 80.4 Å². The van der Waals surface area contributed by atoms with Crippen LogP contribution in [0.1, 0.15) is 10.4 Å². The SMILES string of the molecule is COc1cccc(C(=O)Oc2cc(-c3ccc(Br)cc3)c3oc(=O)sc3c2)c1. The third-order valence-corrected chi connectivity index (χ3v) is 5.38. The van der Waals surface area contributed by atoms with Crippen molar-refractivity contribution in [1.82, 2.24) is 0 Å². The van der Waals surface area contributed by atoms with Crippen LogP contribution < -0.4 is 14.4 Å². The van der Waals surface area contributed by atoms with E-state index in [1.54, 1.807) is 36.4 Å². The first-order chi connectivity index (χ1) is 13.5. The van der Waals surface area contributed by atoms with Gasteiger partial charge in [-0.3, -0.25) is 0 Å². The van der Waals surface area contributed by atoms with Gasteiger partial charge >= 0.3 is 10.9 Å². The van der Waals surface area contributed by atoms with Crippen LogP contribution in [0.2, 0.25) is 0 Å². The third-order valence-electron chi connectivity index (χ3n) is 4.08. The lowest BCUT2D eigenvalue weighted by Gasteiger charge is -2.09. The molecule has 0 aliphatic carbocycles. The van der Waals surface area contributed by atoms with Crippen LogP contribution in [0.5, 0.6) is 11.5 Å². The van der Waals surface area contributed by atoms with Gasteiger partial charge in [-0.15, -0.1) is 0 Å². The molecule has 3 aromatic carbocycles. The second-order valence-corrected chi connectivity index (χ2v) is 7.77. The number of hydrogen-bond donors (Lipinski definition) is 0. The van der Waals surface area contributed by atoms with Crippen LogP contribution in [0.15, 0.2) is 74.3 Å². The van der Waals surface area contributed by atoms with Crippen molar-refractivity contribution in [2.75, 3.05) is 7.11 Å². The van der Waals surface area contributed by atoms with Gasteiger partial charge in [0.25, 0.3) is 0 Å². The zero-order chi connectivity index (χ0) is 19.7. The molecule has 0 spiro atoms. The summed E-state index contributed by atoms with van der Waals surface area (Å²) in [6.07, 6.45) is 0. The Morgan fingerprint density at radius 3 is 2.57 bits per heavy atom. The molecule has 0 aliphatic rings. The van der Waals surface area contributed by atoms with Crippen LogP contribution in [0.25, 0.3) is 21.4 Å². The van der Waals surface area contributed by atoms with Gasteiger partial charge in [0.15, 0.2) is 5.58 Å². The zero-order valence-corrected chi connectivity index (χ0v) is 17.0. The summed E-state index contributed by atoms with van der Waals surface area (Å²) in [5.74, 6) is 0.375. The lowest BCUT2D eigenvalue weighted by molar-refractivity contribution is 0.0734. The largest absolute Gasteiger partial charge is 0.497 e. The van der Waals surface area contributed by atoms with Crippen LogP contribution in [0.3, 0.4) is 0 Å². The van der Waals surface area contributed by atoms with Gasteiger partial charge in [-0.2, -0.15) is 0 Å². The molecule has 0 aliphatic heterocycles. The molecule has 0 atom stereocenters. The number of benzene rings is 3. The fourth-order valence-electron chi connectivity index (χ4n) is 2.77. The maximum Gasteiger partial charge on any atom is 0.396 e. The number of ether oxygens (including phenoxy) is 2. The fraction of sp³-hybridized carbons (Fsp3) is 0.0476. The highest BCUT2D eigenvalue weighted by atomic mass is 79.9. The maximum atomic E-state index is 12.6. The minimum atomic E-state index is -0.518. The first-order valence-electron chi connectivity index (χ1n) is 8.23. The predicted molar refractivity (Wildman–Crippen MR) is 111 cm³/mol. The molecule has 1 aromatic heterocycles. The molecule has 0 unspecified atom stereocenters. The molecule has 28 heavy (non-hydrogen) atoms. The molecule has 0 saturated carbocycles. The summed E-state index contributed by atoms with van der Waals surface area (Å²) in [7, 11) is 1.53. The highest BCUT2D eigenvalue weighted by Crippen LogP contribution is 2.35. The van der Waals surface area contributed by atoms with E-state index in [2.05, 4.69) is 15.9 Å². The molecule has 0 bridgehead atoms. The van der Waals surface area contributed by atoms with E-state index in [4.69, 9.17) is 13.9 Å². The summed E-state index contributed by atoms with van der Waals surface area (Å²) in [6, 6.07) is 17.6. The number of methoxy groups -OCH3 is 1. The Morgan fingerprint density at radius 2 is 1.82 bits per heavy atom. The lowest BCUT2D eigenvalue weighted by atomic mass is 10.0. The van der Waals surface area contributed by atoms with E-state index >= 15 is 0 Å². The standard InChI is InChI=1S/C21H13BrO5S/c1-25-15-4-2-3-13(9-15)20(23)26-16-10-17(12-5-7-14(22)8-6-12)19-18(11-16)28-21(24)27-19/h2-11H,1H3. The minimum Gasteiger partial charge on any atom is -0.497 e. The maximum absolute atomic E-state index is 12.6. The zero-order valence-electron chi connectivity index (χ0n) is 14.6. The second kappa shape index (κ2) is 7.61. The van der Waals surface area contributed by atoms with Gasteiger partial charge in [-0.25, -0.2) is 9.59 Å². The number of carbonyl (C=O) groups is 1. The smallest absolute Gasteiger partial charge is 0.396 e. The molecule has 4 aromatic rings. The van der Waals surface area contributed by atoms with E-state index in [9.17, 15) is 9.59 Å². The van der Waals surface area contributed by atoms with E-state index < -0.39 is 10.9 Å². The van der Waals surface area contributed by atoms with Gasteiger partial charge in [0.1, 0.15) is 11.5 Å². The number of fused-ring (bicyclic) bond motifs is 1. The summed E-state index contributed by atoms with van der Waals surface area (Å²) in [5.41, 5.74) is 2.36. The van der Waals surface area contributed by atoms with E-state index in [1.807, 2.05) is 24.3 Å². The Labute approximate surface area is 172 Å². The lowest BCUT2D eigenvalue weighted by Crippen LogP contribution is -2.08. The number of carbonyl (C=O) groups excluding carboxylic acids is 1. The molecule has 4 rings (SSSR count). The summed E-state index contributed by atoms with van der Waals surface area (Å²) in [4.78, 5) is 23.9.